The zero-order valence-electron chi connectivity index (χ0n) is 10.1. The summed E-state index contributed by atoms with van der Waals surface area (Å²) in [5.74, 6) is 1.55. The second-order valence-corrected chi connectivity index (χ2v) is 5.45. The number of thiazole rings is 1. The van der Waals surface area contributed by atoms with Crippen LogP contribution in [0.5, 0.6) is 0 Å². The SMILES string of the molecule is CCNc1nc(-c2cncs2)nc(COC)c1I. The molecule has 1 N–H and O–H groups in total. The number of hydrogen-bond donors (Lipinski definition) is 1. The van der Waals surface area contributed by atoms with Crippen molar-refractivity contribution >= 4 is 39.7 Å². The smallest absolute Gasteiger partial charge is 0.173 e. The maximum absolute atomic E-state index is 5.18. The van der Waals surface area contributed by atoms with Crippen LogP contribution < -0.4 is 5.32 Å². The van der Waals surface area contributed by atoms with E-state index >= 15 is 0 Å². The molecule has 0 aliphatic rings. The van der Waals surface area contributed by atoms with Gasteiger partial charge in [-0.25, -0.2) is 9.97 Å². The summed E-state index contributed by atoms with van der Waals surface area (Å²) in [6, 6.07) is 0. The minimum Gasteiger partial charge on any atom is -0.378 e. The van der Waals surface area contributed by atoms with Gasteiger partial charge in [0.2, 0.25) is 0 Å². The van der Waals surface area contributed by atoms with E-state index in [0.717, 1.165) is 26.5 Å². The lowest BCUT2D eigenvalue weighted by atomic mass is 10.3. The third kappa shape index (κ3) is 2.96. The van der Waals surface area contributed by atoms with Crippen molar-refractivity contribution in [3.05, 3.63) is 21.0 Å². The summed E-state index contributed by atoms with van der Waals surface area (Å²) in [6.45, 7) is 3.34. The standard InChI is InChI=1S/C11H13IN4OS/c1-3-14-11-9(12)7(5-17-2)15-10(16-11)8-4-13-6-18-8/h4,6H,3,5H2,1-2H3,(H,14,15,16). The molecule has 0 aromatic carbocycles. The highest BCUT2D eigenvalue weighted by atomic mass is 127. The van der Waals surface area contributed by atoms with Crippen LogP contribution in [0.2, 0.25) is 0 Å². The van der Waals surface area contributed by atoms with E-state index in [1.165, 1.54) is 11.3 Å². The Balaban J connectivity index is 2.47. The number of nitrogens with zero attached hydrogens (tertiary/aromatic N) is 3. The van der Waals surface area contributed by atoms with Gasteiger partial charge in [-0.05, 0) is 29.5 Å². The Morgan fingerprint density at radius 1 is 1.44 bits per heavy atom. The molecule has 0 bridgehead atoms. The molecule has 0 saturated carbocycles. The van der Waals surface area contributed by atoms with Gasteiger partial charge in [-0.1, -0.05) is 0 Å². The van der Waals surface area contributed by atoms with Gasteiger partial charge < -0.3 is 10.1 Å². The second kappa shape index (κ2) is 6.39. The molecule has 2 rings (SSSR count). The molecule has 0 unspecified atom stereocenters. The molecule has 0 aliphatic heterocycles. The van der Waals surface area contributed by atoms with Crippen molar-refractivity contribution in [2.45, 2.75) is 13.5 Å². The van der Waals surface area contributed by atoms with Crippen molar-refractivity contribution in [2.24, 2.45) is 0 Å². The number of methoxy groups -OCH3 is 1. The monoisotopic (exact) mass is 376 g/mol. The molecule has 0 spiro atoms. The predicted molar refractivity (Wildman–Crippen MR) is 80.7 cm³/mol. The van der Waals surface area contributed by atoms with Gasteiger partial charge in [-0.2, -0.15) is 0 Å². The van der Waals surface area contributed by atoms with Crippen LogP contribution in [0.3, 0.4) is 0 Å². The van der Waals surface area contributed by atoms with E-state index < -0.39 is 0 Å². The molecule has 18 heavy (non-hydrogen) atoms. The fourth-order valence-electron chi connectivity index (χ4n) is 1.45. The lowest BCUT2D eigenvalue weighted by Gasteiger charge is -2.10. The van der Waals surface area contributed by atoms with Crippen molar-refractivity contribution in [1.82, 2.24) is 15.0 Å². The van der Waals surface area contributed by atoms with Gasteiger partial charge in [-0.3, -0.25) is 4.98 Å². The predicted octanol–water partition coefficient (Wildman–Crippen LogP) is 2.78. The van der Waals surface area contributed by atoms with E-state index in [-0.39, 0.29) is 0 Å². The van der Waals surface area contributed by atoms with E-state index in [0.29, 0.717) is 12.4 Å². The zero-order chi connectivity index (χ0) is 13.0. The summed E-state index contributed by atoms with van der Waals surface area (Å²) in [5.41, 5.74) is 2.67. The van der Waals surface area contributed by atoms with Gasteiger partial charge in [0.15, 0.2) is 5.82 Å². The van der Waals surface area contributed by atoms with Crippen LogP contribution in [0.4, 0.5) is 5.82 Å². The van der Waals surface area contributed by atoms with E-state index in [2.05, 4.69) is 42.9 Å². The van der Waals surface area contributed by atoms with Gasteiger partial charge in [0, 0.05) is 19.9 Å². The second-order valence-electron chi connectivity index (χ2n) is 3.49. The molecule has 0 atom stereocenters. The third-order valence-corrected chi connectivity index (χ3v) is 4.10. The Morgan fingerprint density at radius 2 is 2.28 bits per heavy atom. The molecule has 2 aromatic heterocycles. The summed E-state index contributed by atoms with van der Waals surface area (Å²) in [5, 5.41) is 3.25. The molecule has 96 valence electrons. The molecular formula is C11H13IN4OS. The highest BCUT2D eigenvalue weighted by molar-refractivity contribution is 14.1. The van der Waals surface area contributed by atoms with E-state index in [1.807, 2.05) is 6.92 Å². The lowest BCUT2D eigenvalue weighted by molar-refractivity contribution is 0.181. The minimum absolute atomic E-state index is 0.477. The molecule has 5 nitrogen and oxygen atoms in total. The van der Waals surface area contributed by atoms with Crippen molar-refractivity contribution in [2.75, 3.05) is 19.0 Å². The van der Waals surface area contributed by atoms with Gasteiger partial charge in [0.1, 0.15) is 5.82 Å². The number of aromatic nitrogens is 3. The van der Waals surface area contributed by atoms with Crippen LogP contribution >= 0.6 is 33.9 Å². The molecule has 2 aromatic rings. The fraction of sp³-hybridized carbons (Fsp3) is 0.364. The summed E-state index contributed by atoms with van der Waals surface area (Å²) >= 11 is 3.77. The van der Waals surface area contributed by atoms with Crippen molar-refractivity contribution in [3.8, 4) is 10.7 Å². The van der Waals surface area contributed by atoms with Gasteiger partial charge in [0.25, 0.3) is 0 Å². The van der Waals surface area contributed by atoms with Gasteiger partial charge >= 0.3 is 0 Å². The Kier molecular flexibility index (Phi) is 4.84. The largest absolute Gasteiger partial charge is 0.378 e. The molecule has 2 heterocycles. The molecule has 0 aliphatic carbocycles. The van der Waals surface area contributed by atoms with Crippen LogP contribution in [0, 0.1) is 3.57 Å². The first kappa shape index (κ1) is 13.6. The molecule has 0 amide bonds. The van der Waals surface area contributed by atoms with Crippen LogP contribution in [-0.4, -0.2) is 28.6 Å². The lowest BCUT2D eigenvalue weighted by Crippen LogP contribution is -2.08. The zero-order valence-corrected chi connectivity index (χ0v) is 13.1. The Morgan fingerprint density at radius 3 is 2.89 bits per heavy atom. The summed E-state index contributed by atoms with van der Waals surface area (Å²) < 4.78 is 6.18. The Labute approximate surface area is 123 Å². The van der Waals surface area contributed by atoms with Crippen molar-refractivity contribution in [3.63, 3.8) is 0 Å². The van der Waals surface area contributed by atoms with Crippen LogP contribution in [0.1, 0.15) is 12.6 Å². The van der Waals surface area contributed by atoms with E-state index in [1.54, 1.807) is 18.8 Å². The Hall–Kier alpha value is -0.800. The minimum atomic E-state index is 0.477. The van der Waals surface area contributed by atoms with Crippen LogP contribution in [-0.2, 0) is 11.3 Å². The third-order valence-electron chi connectivity index (χ3n) is 2.20. The van der Waals surface area contributed by atoms with E-state index in [9.17, 15) is 0 Å². The van der Waals surface area contributed by atoms with Crippen molar-refractivity contribution in [1.29, 1.82) is 0 Å². The van der Waals surface area contributed by atoms with Gasteiger partial charge in [0.05, 0.1) is 26.3 Å². The number of hydrogen-bond acceptors (Lipinski definition) is 6. The molecule has 0 radical (unpaired) electrons. The number of halogens is 1. The number of nitrogens with one attached hydrogen (secondary N) is 1. The van der Waals surface area contributed by atoms with E-state index in [4.69, 9.17) is 4.74 Å². The number of rotatable bonds is 5. The first-order chi connectivity index (χ1) is 8.76. The maximum Gasteiger partial charge on any atom is 0.173 e. The van der Waals surface area contributed by atoms with Crippen LogP contribution in [0.15, 0.2) is 11.7 Å². The van der Waals surface area contributed by atoms with Gasteiger partial charge in [-0.15, -0.1) is 11.3 Å². The first-order valence-corrected chi connectivity index (χ1v) is 7.40. The number of anilines is 1. The highest BCUT2D eigenvalue weighted by Gasteiger charge is 2.13. The molecule has 7 heteroatoms. The fourth-order valence-corrected chi connectivity index (χ4v) is 2.59. The summed E-state index contributed by atoms with van der Waals surface area (Å²) in [6.07, 6.45) is 1.78. The quantitative estimate of drug-likeness (QED) is 0.814. The average molecular weight is 376 g/mol. The number of ether oxygens (including phenoxy) is 1. The van der Waals surface area contributed by atoms with Crippen LogP contribution in [0.25, 0.3) is 10.7 Å². The highest BCUT2D eigenvalue weighted by Crippen LogP contribution is 2.26. The topological polar surface area (TPSA) is 59.9 Å². The molecule has 0 saturated heterocycles. The Bertz CT molecular complexity index is 491. The molecular weight excluding hydrogens is 363 g/mol. The summed E-state index contributed by atoms with van der Waals surface area (Å²) in [7, 11) is 1.66. The molecule has 0 fully saturated rings. The average Bonchev–Trinajstić information content (AvgIpc) is 2.88. The van der Waals surface area contributed by atoms with Crippen molar-refractivity contribution < 1.29 is 4.74 Å². The maximum atomic E-state index is 5.18. The summed E-state index contributed by atoms with van der Waals surface area (Å²) in [4.78, 5) is 14.1. The first-order valence-electron chi connectivity index (χ1n) is 5.44. The normalized spacial score (nSPS) is 10.6.